The first kappa shape index (κ1) is 15.1. The number of likely N-dealkylation sites (N-methyl/N-ethyl adjacent to an activating group) is 1. The minimum Gasteiger partial charge on any atom is -0.480 e. The number of aliphatic carboxylic acids is 1. The Morgan fingerprint density at radius 2 is 1.95 bits per heavy atom. The van der Waals surface area contributed by atoms with Crippen LogP contribution in [0, 0.1) is 0 Å². The Morgan fingerprint density at radius 1 is 1.29 bits per heavy atom. The number of carboxylic acid groups (broad SMARTS) is 1. The lowest BCUT2D eigenvalue weighted by molar-refractivity contribution is -0.155. The highest BCUT2D eigenvalue weighted by Gasteiger charge is 2.34. The summed E-state index contributed by atoms with van der Waals surface area (Å²) in [5.41, 5.74) is 0.914. The van der Waals surface area contributed by atoms with Crippen molar-refractivity contribution in [3.8, 4) is 0 Å². The summed E-state index contributed by atoms with van der Waals surface area (Å²) in [5, 5.41) is 10.3. The molecule has 2 N–H and O–H groups in total. The van der Waals surface area contributed by atoms with Gasteiger partial charge >= 0.3 is 5.97 Å². The van der Waals surface area contributed by atoms with Gasteiger partial charge in [-0.2, -0.15) is 0 Å². The van der Waals surface area contributed by atoms with E-state index in [-0.39, 0.29) is 12.3 Å². The van der Waals surface area contributed by atoms with Crippen LogP contribution in [0.15, 0.2) is 30.5 Å². The summed E-state index contributed by atoms with van der Waals surface area (Å²) in [6, 6.07) is 7.91. The maximum absolute atomic E-state index is 12.2. The zero-order valence-electron chi connectivity index (χ0n) is 12.5. The minimum atomic E-state index is -1.20. The highest BCUT2D eigenvalue weighted by Crippen LogP contribution is 2.20. The maximum atomic E-state index is 12.2. The lowest BCUT2D eigenvalue weighted by atomic mass is 10.0. The van der Waals surface area contributed by atoms with Crippen molar-refractivity contribution in [2.75, 3.05) is 7.05 Å². The van der Waals surface area contributed by atoms with E-state index < -0.39 is 11.5 Å². The molecule has 2 rings (SSSR count). The largest absolute Gasteiger partial charge is 0.480 e. The average molecular weight is 288 g/mol. The predicted octanol–water partition coefficient (Wildman–Crippen LogP) is 2.42. The van der Waals surface area contributed by atoms with Crippen molar-refractivity contribution in [1.82, 2.24) is 9.88 Å². The Balaban J connectivity index is 2.06. The number of nitrogens with one attached hydrogen (secondary N) is 1. The Morgan fingerprint density at radius 3 is 2.62 bits per heavy atom. The first-order valence-corrected chi connectivity index (χ1v) is 6.89. The summed E-state index contributed by atoms with van der Waals surface area (Å²) in [6.45, 7) is 3.05. The van der Waals surface area contributed by atoms with Crippen LogP contribution >= 0.6 is 0 Å². The molecule has 5 nitrogen and oxygen atoms in total. The molecule has 2 aromatic rings. The van der Waals surface area contributed by atoms with E-state index in [2.05, 4.69) is 4.98 Å². The van der Waals surface area contributed by atoms with Gasteiger partial charge in [0.05, 0.1) is 0 Å². The molecule has 0 aliphatic heterocycles. The molecule has 0 aliphatic carbocycles. The van der Waals surface area contributed by atoms with Crippen molar-refractivity contribution < 1.29 is 14.7 Å². The maximum Gasteiger partial charge on any atom is 0.329 e. The summed E-state index contributed by atoms with van der Waals surface area (Å²) in [5.74, 6) is -1.18. The lowest BCUT2D eigenvalue weighted by Gasteiger charge is -2.31. The van der Waals surface area contributed by atoms with Gasteiger partial charge in [-0.1, -0.05) is 18.2 Å². The summed E-state index contributed by atoms with van der Waals surface area (Å²) in [7, 11) is 1.53. The predicted molar refractivity (Wildman–Crippen MR) is 81.1 cm³/mol. The van der Waals surface area contributed by atoms with E-state index in [1.807, 2.05) is 30.5 Å². The molecule has 1 aromatic heterocycles. The summed E-state index contributed by atoms with van der Waals surface area (Å²) < 4.78 is 0. The SMILES string of the molecule is CN(C(=O)CCc1c[nH]c2ccccc12)C(C)(C)C(=O)O. The Hall–Kier alpha value is -2.30. The van der Waals surface area contributed by atoms with E-state index in [1.165, 1.54) is 25.8 Å². The number of H-pyrrole nitrogens is 1. The smallest absolute Gasteiger partial charge is 0.329 e. The van der Waals surface area contributed by atoms with Crippen LogP contribution in [0.5, 0.6) is 0 Å². The monoisotopic (exact) mass is 288 g/mol. The molecule has 1 heterocycles. The quantitative estimate of drug-likeness (QED) is 0.887. The van der Waals surface area contributed by atoms with E-state index in [0.29, 0.717) is 6.42 Å². The van der Waals surface area contributed by atoms with Gasteiger partial charge in [0, 0.05) is 30.6 Å². The van der Waals surface area contributed by atoms with Crippen molar-refractivity contribution >= 4 is 22.8 Å². The molecule has 0 bridgehead atoms. The Bertz CT molecular complexity index is 673. The van der Waals surface area contributed by atoms with Gasteiger partial charge in [0.15, 0.2) is 0 Å². The zero-order chi connectivity index (χ0) is 15.6. The average Bonchev–Trinajstić information content (AvgIpc) is 2.87. The number of aryl methyl sites for hydroxylation is 1. The first-order chi connectivity index (χ1) is 9.84. The summed E-state index contributed by atoms with van der Waals surface area (Å²) in [4.78, 5) is 27.8. The van der Waals surface area contributed by atoms with E-state index in [4.69, 9.17) is 5.11 Å². The standard InChI is InChI=1S/C16H20N2O3/c1-16(2,15(20)21)18(3)14(19)9-8-11-10-17-13-7-5-4-6-12(11)13/h4-7,10,17H,8-9H2,1-3H3,(H,20,21). The Labute approximate surface area is 123 Å². The molecule has 0 atom stereocenters. The molecule has 0 saturated heterocycles. The number of amides is 1. The number of carbonyl (C=O) groups excluding carboxylic acids is 1. The van der Waals surface area contributed by atoms with Crippen molar-refractivity contribution in [2.24, 2.45) is 0 Å². The number of rotatable bonds is 5. The second-order valence-corrected chi connectivity index (χ2v) is 5.68. The number of benzene rings is 1. The van der Waals surface area contributed by atoms with Gasteiger partial charge in [0.1, 0.15) is 5.54 Å². The molecule has 5 heteroatoms. The fourth-order valence-corrected chi connectivity index (χ4v) is 2.20. The van der Waals surface area contributed by atoms with Gasteiger partial charge in [0.2, 0.25) is 5.91 Å². The van der Waals surface area contributed by atoms with Gasteiger partial charge in [-0.15, -0.1) is 0 Å². The van der Waals surface area contributed by atoms with Crippen molar-refractivity contribution in [2.45, 2.75) is 32.2 Å². The molecule has 0 saturated carbocycles. The topological polar surface area (TPSA) is 73.4 Å². The van der Waals surface area contributed by atoms with Crippen LogP contribution in [0.3, 0.4) is 0 Å². The first-order valence-electron chi connectivity index (χ1n) is 6.89. The number of hydrogen-bond acceptors (Lipinski definition) is 2. The summed E-state index contributed by atoms with van der Waals surface area (Å²) >= 11 is 0. The van der Waals surface area contributed by atoms with Crippen molar-refractivity contribution in [3.05, 3.63) is 36.0 Å². The van der Waals surface area contributed by atoms with E-state index in [9.17, 15) is 9.59 Å². The molecule has 0 spiro atoms. The molecule has 1 amide bonds. The second-order valence-electron chi connectivity index (χ2n) is 5.68. The lowest BCUT2D eigenvalue weighted by Crippen LogP contribution is -2.50. The van der Waals surface area contributed by atoms with Gasteiger partial charge in [-0.05, 0) is 31.9 Å². The number of carbonyl (C=O) groups is 2. The molecular formula is C16H20N2O3. The van der Waals surface area contributed by atoms with Crippen molar-refractivity contribution in [1.29, 1.82) is 0 Å². The molecule has 21 heavy (non-hydrogen) atoms. The normalized spacial score (nSPS) is 11.6. The minimum absolute atomic E-state index is 0.173. The fourth-order valence-electron chi connectivity index (χ4n) is 2.20. The third-order valence-electron chi connectivity index (χ3n) is 4.02. The zero-order valence-corrected chi connectivity index (χ0v) is 12.5. The van der Waals surface area contributed by atoms with Crippen LogP contribution in [0.4, 0.5) is 0 Å². The molecule has 0 radical (unpaired) electrons. The molecule has 0 fully saturated rings. The number of carboxylic acids is 1. The fraction of sp³-hybridized carbons (Fsp3) is 0.375. The third kappa shape index (κ3) is 2.91. The molecule has 0 aliphatic rings. The molecular weight excluding hydrogens is 268 g/mol. The summed E-state index contributed by atoms with van der Waals surface area (Å²) in [6.07, 6.45) is 2.78. The number of hydrogen-bond donors (Lipinski definition) is 2. The highest BCUT2D eigenvalue weighted by molar-refractivity contribution is 5.87. The second kappa shape index (κ2) is 5.60. The Kier molecular flexibility index (Phi) is 4.02. The van der Waals surface area contributed by atoms with Crippen LogP contribution < -0.4 is 0 Å². The highest BCUT2D eigenvalue weighted by atomic mass is 16.4. The molecule has 112 valence electrons. The van der Waals surface area contributed by atoms with Gasteiger partial charge in [0.25, 0.3) is 0 Å². The van der Waals surface area contributed by atoms with Crippen LogP contribution in [0.25, 0.3) is 10.9 Å². The van der Waals surface area contributed by atoms with Gasteiger partial charge in [-0.3, -0.25) is 4.79 Å². The van der Waals surface area contributed by atoms with E-state index >= 15 is 0 Å². The van der Waals surface area contributed by atoms with Gasteiger partial charge in [-0.25, -0.2) is 4.79 Å². The van der Waals surface area contributed by atoms with Gasteiger partial charge < -0.3 is 15.0 Å². The number of para-hydroxylation sites is 1. The number of fused-ring (bicyclic) bond motifs is 1. The van der Waals surface area contributed by atoms with E-state index in [0.717, 1.165) is 16.5 Å². The van der Waals surface area contributed by atoms with Crippen LogP contribution in [-0.2, 0) is 16.0 Å². The van der Waals surface area contributed by atoms with Crippen LogP contribution in [0.1, 0.15) is 25.8 Å². The van der Waals surface area contributed by atoms with Crippen molar-refractivity contribution in [3.63, 3.8) is 0 Å². The third-order valence-corrected chi connectivity index (χ3v) is 4.02. The van der Waals surface area contributed by atoms with E-state index in [1.54, 1.807) is 0 Å². The number of aromatic amines is 1. The number of nitrogens with zero attached hydrogens (tertiary/aromatic N) is 1. The number of aromatic nitrogens is 1. The van der Waals surface area contributed by atoms with Crippen LogP contribution in [-0.4, -0.2) is 39.5 Å². The molecule has 1 aromatic carbocycles. The molecule has 0 unspecified atom stereocenters. The van der Waals surface area contributed by atoms with Crippen LogP contribution in [0.2, 0.25) is 0 Å².